The Morgan fingerprint density at radius 3 is 0.820 bits per heavy atom. The first-order chi connectivity index (χ1) is 21.2. The van der Waals surface area contributed by atoms with Crippen LogP contribution in [0.3, 0.4) is 0 Å². The topological polar surface area (TPSA) is 0 Å². The Bertz CT molecular complexity index is 1660. The van der Waals surface area contributed by atoms with Crippen molar-refractivity contribution in [1.29, 1.82) is 0 Å². The zero-order chi connectivity index (χ0) is 36.0. The summed E-state index contributed by atoms with van der Waals surface area (Å²) in [5.41, 5.74) is 15.1. The van der Waals surface area contributed by atoms with Crippen LogP contribution in [0.25, 0.3) is 0 Å². The normalized spacial score (nSPS) is 15.1. The molecule has 0 fully saturated rings. The molecule has 0 atom stereocenters. The van der Waals surface area contributed by atoms with Gasteiger partial charge in [-0.3, -0.25) is 0 Å². The third kappa shape index (κ3) is 7.60. The predicted molar refractivity (Wildman–Crippen MR) is 221 cm³/mol. The second-order valence-corrected chi connectivity index (χ2v) is 39.2. The fourth-order valence-corrected chi connectivity index (χ4v) is 21.6. The first-order valence-electron chi connectivity index (χ1n) is 17.7. The summed E-state index contributed by atoms with van der Waals surface area (Å²) >= 11 is 2.69. The Morgan fingerprint density at radius 2 is 0.620 bits per heavy atom. The minimum Gasteiger partial charge on any atom is -1.00 e. The van der Waals surface area contributed by atoms with Gasteiger partial charge in [0.05, 0.1) is 0 Å². The van der Waals surface area contributed by atoms with Gasteiger partial charge in [0.15, 0.2) is 0 Å². The third-order valence-electron chi connectivity index (χ3n) is 12.2. The maximum atomic E-state index is 2.77. The molecule has 0 radical (unpaired) electrons. The molecule has 3 aromatic rings. The number of rotatable bonds is 7. The van der Waals surface area contributed by atoms with Gasteiger partial charge < -0.3 is 37.2 Å². The molecule has 50 heavy (non-hydrogen) atoms. The van der Waals surface area contributed by atoms with Crippen LogP contribution in [0.5, 0.6) is 0 Å². The van der Waals surface area contributed by atoms with Gasteiger partial charge in [-0.25, -0.2) is 0 Å². The first kappa shape index (κ1) is 47.6. The Balaban J connectivity index is 0.00000417. The quantitative estimate of drug-likeness (QED) is 0.225. The first-order valence-corrected chi connectivity index (χ1v) is 31.0. The van der Waals surface area contributed by atoms with Crippen molar-refractivity contribution >= 4 is 63.4 Å². The summed E-state index contributed by atoms with van der Waals surface area (Å²) < 4.78 is -0.124. The summed E-state index contributed by atoms with van der Waals surface area (Å²) in [6.45, 7) is 47.2. The smallest absolute Gasteiger partial charge is 1.00 e. The molecule has 0 spiro atoms. The van der Waals surface area contributed by atoms with Crippen LogP contribution in [0, 0.1) is 41.5 Å². The van der Waals surface area contributed by atoms with Crippen molar-refractivity contribution in [3.63, 3.8) is 0 Å². The molecule has 0 heterocycles. The predicted octanol–water partition coefficient (Wildman–Crippen LogP) is -0.414. The molecule has 272 valence electrons. The fraction of sp³-hybridized carbons (Fsp3) is 0.476. The summed E-state index contributed by atoms with van der Waals surface area (Å²) in [5.74, 6) is 0. The van der Waals surface area contributed by atoms with Gasteiger partial charge in [-0.2, -0.15) is 0 Å². The Morgan fingerprint density at radius 1 is 0.400 bits per heavy atom. The molecule has 0 nitrogen and oxygen atoms in total. The van der Waals surface area contributed by atoms with E-state index >= 15 is 0 Å². The van der Waals surface area contributed by atoms with Crippen molar-refractivity contribution in [2.24, 2.45) is 0 Å². The molecule has 1 aliphatic carbocycles. The van der Waals surface area contributed by atoms with Gasteiger partial charge in [0.2, 0.25) is 0 Å². The molecule has 0 saturated carbocycles. The van der Waals surface area contributed by atoms with E-state index in [1.807, 2.05) is 0 Å². The maximum absolute atomic E-state index is 2.93. The average molecular weight is 835 g/mol. The molecule has 0 saturated heterocycles. The average Bonchev–Trinajstić information content (AvgIpc) is 3.09. The van der Waals surface area contributed by atoms with Gasteiger partial charge in [0.1, 0.15) is 0 Å². The van der Waals surface area contributed by atoms with E-state index in [0.29, 0.717) is 0 Å². The fourth-order valence-electron chi connectivity index (χ4n) is 8.06. The van der Waals surface area contributed by atoms with Crippen molar-refractivity contribution in [3.05, 3.63) is 92.1 Å². The maximum Gasteiger partial charge on any atom is -1.00 e. The van der Waals surface area contributed by atoms with Gasteiger partial charge in [-0.05, 0) is 0 Å². The van der Waals surface area contributed by atoms with Crippen LogP contribution in [-0.2, 0) is 20.4 Å². The Kier molecular flexibility index (Phi) is 15.0. The number of halogens is 3. The van der Waals surface area contributed by atoms with Crippen LogP contribution < -0.4 is 68.3 Å². The minimum atomic E-state index is -2.93. The van der Waals surface area contributed by atoms with Crippen molar-refractivity contribution in [2.75, 3.05) is 0 Å². The number of hydrogen-bond donors (Lipinski definition) is 0. The van der Waals surface area contributed by atoms with E-state index in [0.717, 1.165) is 0 Å². The second-order valence-electron chi connectivity index (χ2n) is 18.1. The molecule has 0 N–H and O–H groups in total. The van der Waals surface area contributed by atoms with Crippen molar-refractivity contribution in [1.82, 2.24) is 0 Å². The molecular formula is C42H63Cl3Si4Ti. The number of allylic oxidation sites excluding steroid dienone is 4. The molecule has 0 amide bonds. The molecular weight excluding hydrogens is 771 g/mol. The monoisotopic (exact) mass is 832 g/mol. The van der Waals surface area contributed by atoms with E-state index in [4.69, 9.17) is 0 Å². The number of benzene rings is 3. The minimum absolute atomic E-state index is 0. The van der Waals surface area contributed by atoms with Gasteiger partial charge >= 0.3 is 307 Å². The molecule has 8 heteroatoms. The van der Waals surface area contributed by atoms with Gasteiger partial charge in [0.25, 0.3) is 0 Å². The second kappa shape index (κ2) is 15.8. The van der Waals surface area contributed by atoms with E-state index in [2.05, 4.69) is 185 Å². The third-order valence-corrected chi connectivity index (χ3v) is 27.0. The van der Waals surface area contributed by atoms with Crippen molar-refractivity contribution in [2.45, 2.75) is 132 Å². The largest absolute Gasteiger partial charge is 1.00 e. The molecule has 0 aromatic heterocycles. The molecule has 4 rings (SSSR count). The summed E-state index contributed by atoms with van der Waals surface area (Å²) in [7, 11) is -7.86. The summed E-state index contributed by atoms with van der Waals surface area (Å²) in [4.78, 5) is 0. The zero-order valence-electron chi connectivity index (χ0n) is 34.6. The summed E-state index contributed by atoms with van der Waals surface area (Å²) in [5, 5.41) is 9.75. The van der Waals surface area contributed by atoms with E-state index < -0.39 is 32.3 Å². The van der Waals surface area contributed by atoms with E-state index in [-0.39, 0.29) is 40.6 Å². The van der Waals surface area contributed by atoms with Crippen LogP contribution >= 0.6 is 0 Å². The summed E-state index contributed by atoms with van der Waals surface area (Å²) in [6, 6.07) is 16.0. The number of hydrogen-bond acceptors (Lipinski definition) is 0. The van der Waals surface area contributed by atoms with Crippen LogP contribution in [-0.4, -0.2) is 32.3 Å². The standard InChI is InChI=1S/C42H63Si4.3ClH.Ti/c1-26-20-36(43(11,12)13)23-39(29(26)4)46(42-34(9)32(7)33(8)35(42)10,40-24-37(44(14,15)16)21-27(2)30(40)5)41-25-38(45(17,18)19)22-28(3)31(41)6;;;;/h20-25H,1-19H3;3*1H;/q;;;;+3/p-3. The van der Waals surface area contributed by atoms with Gasteiger partial charge in [-0.15, -0.1) is 0 Å². The number of aryl methyl sites for hydroxylation is 3. The van der Waals surface area contributed by atoms with Crippen LogP contribution in [0.2, 0.25) is 62.3 Å². The van der Waals surface area contributed by atoms with Crippen LogP contribution in [0.4, 0.5) is 0 Å². The van der Waals surface area contributed by atoms with Crippen molar-refractivity contribution < 1.29 is 57.7 Å². The molecule has 1 aliphatic rings. The van der Waals surface area contributed by atoms with Crippen LogP contribution in [0.15, 0.2) is 58.7 Å². The molecule has 0 unspecified atom stereocenters. The molecule has 3 aromatic carbocycles. The molecule has 0 bridgehead atoms. The van der Waals surface area contributed by atoms with E-state index in [1.54, 1.807) is 42.3 Å². The van der Waals surface area contributed by atoms with E-state index in [9.17, 15) is 0 Å². The SMILES string of the molecule is CC1=C(C)[C]([Ti+3])([Si](c2cc([Si](C)(C)C)cc(C)c2C)(c2cc([Si](C)(C)C)cc(C)c2C)c2cc([Si](C)(C)C)cc(C)c2C)C(C)=C1C.[Cl-].[Cl-].[Cl-]. The molecule has 0 aliphatic heterocycles. The zero-order valence-corrected chi connectivity index (χ0v) is 42.4. The van der Waals surface area contributed by atoms with Gasteiger partial charge in [0, 0.05) is 0 Å². The Labute approximate surface area is 341 Å². The van der Waals surface area contributed by atoms with Crippen LogP contribution in [0.1, 0.15) is 61.1 Å². The van der Waals surface area contributed by atoms with E-state index in [1.165, 1.54) is 44.5 Å². The van der Waals surface area contributed by atoms with Gasteiger partial charge in [-0.1, -0.05) is 0 Å². The van der Waals surface area contributed by atoms with Crippen molar-refractivity contribution in [3.8, 4) is 0 Å². The Hall–Kier alpha value is -0.408. The summed E-state index contributed by atoms with van der Waals surface area (Å²) in [6.07, 6.45) is 0.